The van der Waals surface area contributed by atoms with Gasteiger partial charge in [-0.05, 0) is 49.9 Å². The van der Waals surface area contributed by atoms with E-state index < -0.39 is 6.04 Å². The quantitative estimate of drug-likeness (QED) is 0.787. The molecular weight excluding hydrogens is 346 g/mol. The van der Waals surface area contributed by atoms with Crippen LogP contribution in [0.25, 0.3) is 0 Å². The Balaban J connectivity index is 1.57. The van der Waals surface area contributed by atoms with Gasteiger partial charge >= 0.3 is 0 Å². The van der Waals surface area contributed by atoms with Crippen LogP contribution in [0.4, 0.5) is 0 Å². The topological polar surface area (TPSA) is 61.4 Å². The van der Waals surface area contributed by atoms with Crippen molar-refractivity contribution in [1.82, 2.24) is 15.5 Å². The van der Waals surface area contributed by atoms with E-state index in [1.165, 1.54) is 29.7 Å². The molecule has 3 rings (SSSR count). The highest BCUT2D eigenvalue weighted by Crippen LogP contribution is 2.24. The van der Waals surface area contributed by atoms with Gasteiger partial charge in [0.25, 0.3) is 5.91 Å². The summed E-state index contributed by atoms with van der Waals surface area (Å²) < 4.78 is 0. The van der Waals surface area contributed by atoms with E-state index in [9.17, 15) is 9.59 Å². The Morgan fingerprint density at radius 2 is 1.85 bits per heavy atom. The van der Waals surface area contributed by atoms with E-state index >= 15 is 0 Å². The maximum atomic E-state index is 12.5. The summed E-state index contributed by atoms with van der Waals surface area (Å²) >= 11 is 1.37. The van der Waals surface area contributed by atoms with Crippen molar-refractivity contribution in [3.8, 4) is 0 Å². The van der Waals surface area contributed by atoms with E-state index in [2.05, 4.69) is 27.7 Å². The average Bonchev–Trinajstić information content (AvgIpc) is 3.36. The third-order valence-corrected chi connectivity index (χ3v) is 5.59. The Labute approximate surface area is 158 Å². The van der Waals surface area contributed by atoms with Gasteiger partial charge in [0.1, 0.15) is 6.04 Å². The van der Waals surface area contributed by atoms with Crippen LogP contribution in [-0.4, -0.2) is 42.4 Å². The molecule has 0 bridgehead atoms. The van der Waals surface area contributed by atoms with Gasteiger partial charge in [-0.15, -0.1) is 11.3 Å². The van der Waals surface area contributed by atoms with Crippen molar-refractivity contribution in [2.24, 2.45) is 0 Å². The Morgan fingerprint density at radius 3 is 2.50 bits per heavy atom. The molecule has 2 amide bonds. The van der Waals surface area contributed by atoms with Crippen LogP contribution in [0.2, 0.25) is 0 Å². The molecule has 2 unspecified atom stereocenters. The lowest BCUT2D eigenvalue weighted by atomic mass is 10.1. The van der Waals surface area contributed by atoms with Crippen LogP contribution in [0.5, 0.6) is 0 Å². The zero-order chi connectivity index (χ0) is 18.4. The van der Waals surface area contributed by atoms with Crippen LogP contribution in [-0.2, 0) is 4.79 Å². The molecule has 1 aromatic carbocycles. The van der Waals surface area contributed by atoms with Crippen LogP contribution >= 0.6 is 11.3 Å². The molecule has 1 aliphatic rings. The molecule has 5 nitrogen and oxygen atoms in total. The van der Waals surface area contributed by atoms with Crippen LogP contribution in [0, 0.1) is 0 Å². The van der Waals surface area contributed by atoms with Gasteiger partial charge in [-0.2, -0.15) is 0 Å². The lowest BCUT2D eigenvalue weighted by Crippen LogP contribution is -2.47. The second kappa shape index (κ2) is 8.96. The number of carbonyl (C=O) groups excluding carboxylic acids is 2. The number of likely N-dealkylation sites (tertiary alicyclic amines) is 1. The SMILES string of the molecule is CC(NC(=O)c1cccs1)C(=O)NCC(c1ccccc1)N1CCCC1. The first kappa shape index (κ1) is 18.6. The fourth-order valence-electron chi connectivity index (χ4n) is 3.28. The number of hydrogen-bond acceptors (Lipinski definition) is 4. The number of carbonyl (C=O) groups is 2. The molecule has 2 aromatic rings. The molecule has 0 saturated carbocycles. The number of rotatable bonds is 7. The minimum atomic E-state index is -0.570. The molecule has 1 aliphatic heterocycles. The molecule has 6 heteroatoms. The first-order valence-corrected chi connectivity index (χ1v) is 9.94. The zero-order valence-electron chi connectivity index (χ0n) is 15.0. The molecule has 138 valence electrons. The van der Waals surface area contributed by atoms with E-state index in [1.807, 2.05) is 29.6 Å². The Morgan fingerprint density at radius 1 is 1.12 bits per heavy atom. The van der Waals surface area contributed by atoms with Gasteiger partial charge in [-0.1, -0.05) is 36.4 Å². The Hall–Kier alpha value is -2.18. The van der Waals surface area contributed by atoms with Crippen LogP contribution in [0.1, 0.15) is 41.0 Å². The summed E-state index contributed by atoms with van der Waals surface area (Å²) in [6.45, 7) is 4.37. The highest BCUT2D eigenvalue weighted by Gasteiger charge is 2.25. The highest BCUT2D eigenvalue weighted by atomic mass is 32.1. The predicted octanol–water partition coefficient (Wildman–Crippen LogP) is 2.82. The Kier molecular flexibility index (Phi) is 6.41. The minimum Gasteiger partial charge on any atom is -0.352 e. The lowest BCUT2D eigenvalue weighted by molar-refractivity contribution is -0.122. The number of thiophene rings is 1. The standard InChI is InChI=1S/C20H25N3O2S/c1-15(22-20(25)18-10-7-13-26-18)19(24)21-14-17(23-11-5-6-12-23)16-8-3-2-4-9-16/h2-4,7-10,13,15,17H,5-6,11-12,14H2,1H3,(H,21,24)(H,22,25). The fourth-order valence-corrected chi connectivity index (χ4v) is 3.90. The molecule has 2 atom stereocenters. The second-order valence-corrected chi connectivity index (χ2v) is 7.53. The third kappa shape index (κ3) is 4.71. The summed E-state index contributed by atoms with van der Waals surface area (Å²) in [5.74, 6) is -0.364. The molecule has 1 fully saturated rings. The largest absolute Gasteiger partial charge is 0.352 e. The van der Waals surface area contributed by atoms with E-state index in [0.717, 1.165) is 13.1 Å². The number of nitrogens with one attached hydrogen (secondary N) is 2. The molecule has 2 heterocycles. The van der Waals surface area contributed by atoms with Gasteiger partial charge in [0, 0.05) is 6.54 Å². The van der Waals surface area contributed by atoms with Crippen molar-refractivity contribution in [2.75, 3.05) is 19.6 Å². The fraction of sp³-hybridized carbons (Fsp3) is 0.400. The van der Waals surface area contributed by atoms with Gasteiger partial charge < -0.3 is 10.6 Å². The molecule has 0 aliphatic carbocycles. The molecule has 26 heavy (non-hydrogen) atoms. The number of amides is 2. The lowest BCUT2D eigenvalue weighted by Gasteiger charge is -2.28. The highest BCUT2D eigenvalue weighted by molar-refractivity contribution is 7.12. The van der Waals surface area contributed by atoms with Crippen LogP contribution < -0.4 is 10.6 Å². The summed E-state index contributed by atoms with van der Waals surface area (Å²) in [5.41, 5.74) is 1.21. The molecule has 2 N–H and O–H groups in total. The molecule has 1 saturated heterocycles. The van der Waals surface area contributed by atoms with E-state index in [4.69, 9.17) is 0 Å². The summed E-state index contributed by atoms with van der Waals surface area (Å²) in [6.07, 6.45) is 2.40. The maximum Gasteiger partial charge on any atom is 0.261 e. The van der Waals surface area contributed by atoms with Crippen molar-refractivity contribution in [3.05, 3.63) is 58.3 Å². The van der Waals surface area contributed by atoms with Crippen molar-refractivity contribution < 1.29 is 9.59 Å². The molecular formula is C20H25N3O2S. The first-order valence-electron chi connectivity index (χ1n) is 9.06. The van der Waals surface area contributed by atoms with Gasteiger partial charge in [0.2, 0.25) is 5.91 Å². The van der Waals surface area contributed by atoms with Crippen molar-refractivity contribution in [3.63, 3.8) is 0 Å². The second-order valence-electron chi connectivity index (χ2n) is 6.59. The minimum absolute atomic E-state index is 0.157. The third-order valence-electron chi connectivity index (χ3n) is 4.72. The Bertz CT molecular complexity index is 712. The average molecular weight is 372 g/mol. The molecule has 0 radical (unpaired) electrons. The molecule has 0 spiro atoms. The molecule has 1 aromatic heterocycles. The van der Waals surface area contributed by atoms with Gasteiger partial charge in [0.05, 0.1) is 10.9 Å². The number of hydrogen-bond donors (Lipinski definition) is 2. The predicted molar refractivity (Wildman–Crippen MR) is 104 cm³/mol. The van der Waals surface area contributed by atoms with E-state index in [-0.39, 0.29) is 17.9 Å². The summed E-state index contributed by atoms with van der Waals surface area (Å²) in [5, 5.41) is 7.62. The van der Waals surface area contributed by atoms with Gasteiger partial charge in [-0.3, -0.25) is 14.5 Å². The van der Waals surface area contributed by atoms with Crippen molar-refractivity contribution in [1.29, 1.82) is 0 Å². The normalized spacial score (nSPS) is 16.8. The van der Waals surface area contributed by atoms with Crippen LogP contribution in [0.15, 0.2) is 47.8 Å². The van der Waals surface area contributed by atoms with Crippen molar-refractivity contribution >= 4 is 23.2 Å². The monoisotopic (exact) mass is 371 g/mol. The summed E-state index contributed by atoms with van der Waals surface area (Å²) in [7, 11) is 0. The van der Waals surface area contributed by atoms with Gasteiger partial charge in [0.15, 0.2) is 0 Å². The van der Waals surface area contributed by atoms with Gasteiger partial charge in [-0.25, -0.2) is 0 Å². The van der Waals surface area contributed by atoms with E-state index in [0.29, 0.717) is 11.4 Å². The first-order chi connectivity index (χ1) is 12.6. The number of benzene rings is 1. The van der Waals surface area contributed by atoms with Crippen molar-refractivity contribution in [2.45, 2.75) is 31.8 Å². The summed E-state index contributed by atoms with van der Waals surface area (Å²) in [4.78, 5) is 27.6. The smallest absolute Gasteiger partial charge is 0.261 e. The maximum absolute atomic E-state index is 12.5. The summed E-state index contributed by atoms with van der Waals surface area (Å²) in [6, 6.07) is 13.5. The number of nitrogens with zero attached hydrogens (tertiary/aromatic N) is 1. The zero-order valence-corrected chi connectivity index (χ0v) is 15.8. The van der Waals surface area contributed by atoms with Crippen LogP contribution in [0.3, 0.4) is 0 Å². The van der Waals surface area contributed by atoms with E-state index in [1.54, 1.807) is 13.0 Å².